The standard InChI is InChI=1S/C11H10N2S2.ClH/c14-11(13-7-6-12-9-13)15-8-10-4-2-1-3-5-10;/h1-7,9H,8H2;1H. The molecular formula is C11H11ClN2S2. The Morgan fingerprint density at radius 3 is 2.69 bits per heavy atom. The van der Waals surface area contributed by atoms with Crippen molar-refractivity contribution in [1.29, 1.82) is 0 Å². The maximum Gasteiger partial charge on any atom is 0.146 e. The van der Waals surface area contributed by atoms with Gasteiger partial charge in [-0.1, -0.05) is 54.3 Å². The van der Waals surface area contributed by atoms with Crippen LogP contribution in [0.4, 0.5) is 0 Å². The summed E-state index contributed by atoms with van der Waals surface area (Å²) in [7, 11) is 0. The monoisotopic (exact) mass is 270 g/mol. The number of imidazole rings is 1. The number of thioether (sulfide) groups is 1. The highest BCUT2D eigenvalue weighted by atomic mass is 35.5. The van der Waals surface area contributed by atoms with E-state index in [0.29, 0.717) is 0 Å². The highest BCUT2D eigenvalue weighted by molar-refractivity contribution is 8.22. The van der Waals surface area contributed by atoms with Gasteiger partial charge in [0.2, 0.25) is 0 Å². The van der Waals surface area contributed by atoms with Crippen LogP contribution >= 0.6 is 36.4 Å². The topological polar surface area (TPSA) is 17.8 Å². The predicted octanol–water partition coefficient (Wildman–Crippen LogP) is 3.37. The molecule has 84 valence electrons. The average molecular weight is 271 g/mol. The van der Waals surface area contributed by atoms with E-state index in [1.54, 1.807) is 24.3 Å². The van der Waals surface area contributed by atoms with Crippen molar-refractivity contribution >= 4 is 40.7 Å². The molecule has 5 heteroatoms. The second-order valence-corrected chi connectivity index (χ2v) is 4.62. The fourth-order valence-electron chi connectivity index (χ4n) is 1.16. The molecule has 0 aliphatic heterocycles. The van der Waals surface area contributed by atoms with Crippen LogP contribution in [0, 0.1) is 0 Å². The van der Waals surface area contributed by atoms with E-state index in [2.05, 4.69) is 17.1 Å². The summed E-state index contributed by atoms with van der Waals surface area (Å²) >= 11 is 6.90. The van der Waals surface area contributed by atoms with Crippen molar-refractivity contribution in [3.05, 3.63) is 54.6 Å². The highest BCUT2D eigenvalue weighted by Crippen LogP contribution is 2.14. The van der Waals surface area contributed by atoms with Crippen molar-refractivity contribution in [1.82, 2.24) is 9.55 Å². The zero-order chi connectivity index (χ0) is 10.5. The lowest BCUT2D eigenvalue weighted by molar-refractivity contribution is 1.18. The van der Waals surface area contributed by atoms with Gasteiger partial charge in [-0.2, -0.15) is 0 Å². The predicted molar refractivity (Wildman–Crippen MR) is 75.2 cm³/mol. The molecule has 2 rings (SSSR count). The van der Waals surface area contributed by atoms with Crippen molar-refractivity contribution in [2.75, 3.05) is 0 Å². The van der Waals surface area contributed by atoms with Gasteiger partial charge < -0.3 is 0 Å². The first-order chi connectivity index (χ1) is 7.36. The second kappa shape index (κ2) is 6.68. The van der Waals surface area contributed by atoms with Crippen molar-refractivity contribution in [2.24, 2.45) is 0 Å². The molecule has 0 atom stereocenters. The normalized spacial score (nSPS) is 9.50. The minimum Gasteiger partial charge on any atom is -0.291 e. The summed E-state index contributed by atoms with van der Waals surface area (Å²) < 4.78 is 2.68. The molecule has 0 spiro atoms. The Morgan fingerprint density at radius 2 is 2.06 bits per heavy atom. The summed E-state index contributed by atoms with van der Waals surface area (Å²) in [5.41, 5.74) is 1.28. The maximum absolute atomic E-state index is 5.26. The molecule has 16 heavy (non-hydrogen) atoms. The molecule has 0 N–H and O–H groups in total. The first-order valence-electron chi connectivity index (χ1n) is 4.55. The Bertz CT molecular complexity index is 429. The molecule has 0 saturated carbocycles. The molecule has 1 heterocycles. The van der Waals surface area contributed by atoms with E-state index >= 15 is 0 Å². The van der Waals surface area contributed by atoms with Gasteiger partial charge >= 0.3 is 0 Å². The lowest BCUT2D eigenvalue weighted by Crippen LogP contribution is -2.01. The van der Waals surface area contributed by atoms with E-state index in [0.717, 1.165) is 10.1 Å². The molecule has 2 nitrogen and oxygen atoms in total. The van der Waals surface area contributed by atoms with Crippen LogP contribution in [0.25, 0.3) is 0 Å². The molecule has 1 aromatic carbocycles. The van der Waals surface area contributed by atoms with Gasteiger partial charge in [0.15, 0.2) is 0 Å². The Kier molecular flexibility index (Phi) is 5.52. The minimum atomic E-state index is 0. The number of rotatable bonds is 2. The van der Waals surface area contributed by atoms with E-state index in [1.807, 2.05) is 29.0 Å². The summed E-state index contributed by atoms with van der Waals surface area (Å²) in [6.07, 6.45) is 5.32. The van der Waals surface area contributed by atoms with Crippen LogP contribution in [-0.4, -0.2) is 13.9 Å². The molecule has 0 radical (unpaired) electrons. The lowest BCUT2D eigenvalue weighted by atomic mass is 10.2. The third kappa shape index (κ3) is 3.63. The van der Waals surface area contributed by atoms with Crippen LogP contribution in [-0.2, 0) is 5.75 Å². The molecule has 0 saturated heterocycles. The van der Waals surface area contributed by atoms with Gasteiger partial charge in [-0.05, 0) is 5.56 Å². The molecule has 0 fully saturated rings. The molecule has 0 bridgehead atoms. The number of nitrogens with zero attached hydrogens (tertiary/aromatic N) is 2. The summed E-state index contributed by atoms with van der Waals surface area (Å²) in [5.74, 6) is 0.901. The molecule has 0 aliphatic rings. The summed E-state index contributed by atoms with van der Waals surface area (Å²) in [5, 5.41) is 0. The quantitative estimate of drug-likeness (QED) is 0.780. The smallest absolute Gasteiger partial charge is 0.146 e. The number of aromatic nitrogens is 2. The van der Waals surface area contributed by atoms with E-state index in [9.17, 15) is 0 Å². The van der Waals surface area contributed by atoms with Gasteiger partial charge in [0.1, 0.15) is 10.6 Å². The molecular weight excluding hydrogens is 260 g/mol. The van der Waals surface area contributed by atoms with E-state index in [4.69, 9.17) is 12.2 Å². The van der Waals surface area contributed by atoms with E-state index in [1.165, 1.54) is 5.56 Å². The van der Waals surface area contributed by atoms with Crippen molar-refractivity contribution in [3.8, 4) is 0 Å². The number of hydrogen-bond donors (Lipinski definition) is 0. The Balaban J connectivity index is 0.00000128. The first-order valence-corrected chi connectivity index (χ1v) is 5.94. The Labute approximate surface area is 110 Å². The average Bonchev–Trinajstić information content (AvgIpc) is 2.81. The first kappa shape index (κ1) is 13.2. The van der Waals surface area contributed by atoms with Crippen molar-refractivity contribution in [2.45, 2.75) is 5.75 Å². The van der Waals surface area contributed by atoms with Gasteiger partial charge in [-0.25, -0.2) is 4.98 Å². The largest absolute Gasteiger partial charge is 0.291 e. The van der Waals surface area contributed by atoms with Crippen LogP contribution in [0.1, 0.15) is 5.56 Å². The van der Waals surface area contributed by atoms with Crippen LogP contribution in [0.3, 0.4) is 0 Å². The second-order valence-electron chi connectivity index (χ2n) is 3.01. The van der Waals surface area contributed by atoms with Gasteiger partial charge in [0, 0.05) is 18.1 Å². The number of hydrogen-bond acceptors (Lipinski definition) is 3. The van der Waals surface area contributed by atoms with Crippen molar-refractivity contribution < 1.29 is 0 Å². The minimum absolute atomic E-state index is 0. The Hall–Kier alpha value is -0.840. The third-order valence-corrected chi connectivity index (χ3v) is 3.42. The van der Waals surface area contributed by atoms with Crippen molar-refractivity contribution in [3.63, 3.8) is 0 Å². The zero-order valence-electron chi connectivity index (χ0n) is 8.45. The number of benzene rings is 1. The van der Waals surface area contributed by atoms with Gasteiger partial charge in [-0.3, -0.25) is 4.57 Å². The Morgan fingerprint density at radius 1 is 1.31 bits per heavy atom. The van der Waals surface area contributed by atoms with Gasteiger partial charge in [-0.15, -0.1) is 12.4 Å². The maximum atomic E-state index is 5.26. The molecule has 0 aliphatic carbocycles. The SMILES string of the molecule is Cl.S=C(SCc1ccccc1)n1ccnc1. The zero-order valence-corrected chi connectivity index (χ0v) is 10.9. The summed E-state index contributed by atoms with van der Waals surface area (Å²) in [4.78, 5) is 3.96. The van der Waals surface area contributed by atoms with Crippen LogP contribution in [0.5, 0.6) is 0 Å². The van der Waals surface area contributed by atoms with Crippen LogP contribution < -0.4 is 0 Å². The third-order valence-electron chi connectivity index (χ3n) is 1.92. The fraction of sp³-hybridized carbons (Fsp3) is 0.0909. The molecule has 0 amide bonds. The fourth-order valence-corrected chi connectivity index (χ4v) is 2.19. The van der Waals surface area contributed by atoms with E-state index < -0.39 is 0 Å². The highest BCUT2D eigenvalue weighted by Gasteiger charge is 2.00. The van der Waals surface area contributed by atoms with Crippen LogP contribution in [0.2, 0.25) is 0 Å². The van der Waals surface area contributed by atoms with Crippen LogP contribution in [0.15, 0.2) is 49.1 Å². The number of halogens is 1. The lowest BCUT2D eigenvalue weighted by Gasteiger charge is -2.03. The summed E-state index contributed by atoms with van der Waals surface area (Å²) in [6.45, 7) is 0. The molecule has 1 aromatic heterocycles. The van der Waals surface area contributed by atoms with Gasteiger partial charge in [0.05, 0.1) is 0 Å². The molecule has 2 aromatic rings. The summed E-state index contributed by atoms with van der Waals surface area (Å²) in [6, 6.07) is 10.3. The number of thiocarbonyl (C=S) groups is 1. The van der Waals surface area contributed by atoms with E-state index in [-0.39, 0.29) is 12.4 Å². The van der Waals surface area contributed by atoms with Gasteiger partial charge in [0.25, 0.3) is 0 Å². The molecule has 0 unspecified atom stereocenters.